The van der Waals surface area contributed by atoms with E-state index in [2.05, 4.69) is 4.74 Å². The van der Waals surface area contributed by atoms with Crippen molar-refractivity contribution in [3.8, 4) is 0 Å². The molecule has 0 aromatic heterocycles. The van der Waals surface area contributed by atoms with Crippen molar-refractivity contribution in [2.45, 2.75) is 26.3 Å². The van der Waals surface area contributed by atoms with E-state index in [1.165, 1.54) is 7.11 Å². The molecule has 0 fully saturated rings. The summed E-state index contributed by atoms with van der Waals surface area (Å²) >= 11 is 0. The first kappa shape index (κ1) is 18.9. The molecule has 0 bridgehead atoms. The summed E-state index contributed by atoms with van der Waals surface area (Å²) in [5.41, 5.74) is 6.41. The van der Waals surface area contributed by atoms with Gasteiger partial charge in [-0.2, -0.15) is 0 Å². The summed E-state index contributed by atoms with van der Waals surface area (Å²) in [4.78, 5) is 20.9. The van der Waals surface area contributed by atoms with Crippen molar-refractivity contribution in [3.05, 3.63) is 42.0 Å². The highest BCUT2D eigenvalue weighted by Crippen LogP contribution is 2.05. The van der Waals surface area contributed by atoms with Gasteiger partial charge in [-0.05, 0) is 17.6 Å². The number of benzene rings is 1. The van der Waals surface area contributed by atoms with Crippen LogP contribution in [-0.2, 0) is 14.3 Å². The van der Waals surface area contributed by atoms with Crippen molar-refractivity contribution in [2.75, 3.05) is 7.11 Å². The Balaban J connectivity index is 0.000000384. The maximum absolute atomic E-state index is 10.8. The monoisotopic (exact) mass is 293 g/mol. The van der Waals surface area contributed by atoms with Gasteiger partial charge < -0.3 is 15.6 Å². The fraction of sp³-hybridized carbons (Fsp3) is 0.375. The molecule has 5 nitrogen and oxygen atoms in total. The first-order valence-electron chi connectivity index (χ1n) is 6.71. The number of carboxylic acid groups (broad SMARTS) is 1. The smallest absolute Gasteiger partial charge is 0.328 e. The van der Waals surface area contributed by atoms with Crippen LogP contribution in [0.2, 0.25) is 0 Å². The third kappa shape index (κ3) is 8.60. The number of esters is 1. The van der Waals surface area contributed by atoms with Gasteiger partial charge in [0.2, 0.25) is 0 Å². The van der Waals surface area contributed by atoms with Gasteiger partial charge in [-0.25, -0.2) is 4.79 Å². The number of carboxylic acids is 1. The van der Waals surface area contributed by atoms with Gasteiger partial charge in [-0.1, -0.05) is 50.6 Å². The molecule has 0 saturated carbocycles. The Morgan fingerprint density at radius 3 is 2.33 bits per heavy atom. The van der Waals surface area contributed by atoms with Gasteiger partial charge in [0.05, 0.1) is 7.11 Å². The molecule has 0 amide bonds. The van der Waals surface area contributed by atoms with Crippen molar-refractivity contribution >= 4 is 18.0 Å². The highest BCUT2D eigenvalue weighted by atomic mass is 16.5. The zero-order chi connectivity index (χ0) is 16.3. The number of nitrogens with two attached hydrogens (primary N) is 1. The van der Waals surface area contributed by atoms with Crippen LogP contribution in [0, 0.1) is 5.92 Å². The van der Waals surface area contributed by atoms with Crippen LogP contribution in [0.4, 0.5) is 0 Å². The fourth-order valence-electron chi connectivity index (χ4n) is 1.35. The molecule has 0 radical (unpaired) electrons. The molecule has 1 aromatic rings. The Bertz CT molecular complexity index is 457. The minimum absolute atomic E-state index is 0.201. The quantitative estimate of drug-likeness (QED) is 0.642. The highest BCUT2D eigenvalue weighted by molar-refractivity contribution is 5.85. The van der Waals surface area contributed by atoms with Gasteiger partial charge >= 0.3 is 11.9 Å². The van der Waals surface area contributed by atoms with Crippen molar-refractivity contribution in [1.82, 2.24) is 0 Å². The van der Waals surface area contributed by atoms with Crippen LogP contribution in [0.25, 0.3) is 6.08 Å². The summed E-state index contributed by atoms with van der Waals surface area (Å²) in [6.45, 7) is 3.93. The van der Waals surface area contributed by atoms with Crippen LogP contribution < -0.4 is 5.73 Å². The van der Waals surface area contributed by atoms with E-state index in [-0.39, 0.29) is 11.9 Å². The summed E-state index contributed by atoms with van der Waals surface area (Å²) in [5.74, 6) is -1.05. The van der Waals surface area contributed by atoms with E-state index < -0.39 is 12.0 Å². The van der Waals surface area contributed by atoms with Gasteiger partial charge in [0.1, 0.15) is 6.04 Å². The summed E-state index contributed by atoms with van der Waals surface area (Å²) in [6.07, 6.45) is 3.58. The van der Waals surface area contributed by atoms with Crippen LogP contribution in [-0.4, -0.2) is 30.2 Å². The molecule has 0 spiro atoms. The Hall–Kier alpha value is -2.14. The molecular formula is C16H23NO4. The molecule has 21 heavy (non-hydrogen) atoms. The fourth-order valence-corrected chi connectivity index (χ4v) is 1.35. The topological polar surface area (TPSA) is 89.6 Å². The lowest BCUT2D eigenvalue weighted by atomic mass is 10.0. The molecule has 3 N–H and O–H groups in total. The molecule has 0 aliphatic heterocycles. The zero-order valence-corrected chi connectivity index (χ0v) is 12.7. The van der Waals surface area contributed by atoms with Crippen molar-refractivity contribution in [2.24, 2.45) is 11.7 Å². The summed E-state index contributed by atoms with van der Waals surface area (Å²) in [7, 11) is 1.35. The lowest BCUT2D eigenvalue weighted by Gasteiger charge is -2.14. The molecule has 1 aromatic carbocycles. The first-order valence-corrected chi connectivity index (χ1v) is 6.71. The molecule has 0 saturated heterocycles. The number of methoxy groups -OCH3 is 1. The molecule has 0 unspecified atom stereocenters. The van der Waals surface area contributed by atoms with Crippen LogP contribution in [0.15, 0.2) is 36.4 Å². The van der Waals surface area contributed by atoms with E-state index >= 15 is 0 Å². The third-order valence-electron chi connectivity index (χ3n) is 2.95. The normalized spacial score (nSPS) is 13.0. The van der Waals surface area contributed by atoms with Crippen molar-refractivity contribution in [3.63, 3.8) is 0 Å². The molecular weight excluding hydrogens is 270 g/mol. The number of ether oxygens (including phenoxy) is 1. The van der Waals surface area contributed by atoms with E-state index in [0.29, 0.717) is 0 Å². The summed E-state index contributed by atoms with van der Waals surface area (Å²) < 4.78 is 4.47. The molecule has 1 rings (SSSR count). The van der Waals surface area contributed by atoms with E-state index in [1.807, 2.05) is 44.2 Å². The minimum atomic E-state index is -0.922. The predicted molar refractivity (Wildman–Crippen MR) is 82.6 cm³/mol. The number of carbonyl (C=O) groups excluding carboxylic acids is 1. The van der Waals surface area contributed by atoms with E-state index in [9.17, 15) is 9.59 Å². The second-order valence-electron chi connectivity index (χ2n) is 4.52. The molecule has 0 aliphatic rings. The van der Waals surface area contributed by atoms with Crippen LogP contribution in [0.1, 0.15) is 25.8 Å². The maximum Gasteiger partial charge on any atom is 0.328 e. The number of rotatable bonds is 5. The standard InChI is InChI=1S/C9H8O2.C7H15NO2/c10-9(11)7-6-8-4-2-1-3-5-8;1-4-5(2)6(8)7(9)10-3/h1-7H,(H,10,11);5-6H,4,8H2,1-3H3/b7-6+;/t;5-,6-/m.0/s1. The van der Waals surface area contributed by atoms with Gasteiger partial charge in [-0.3, -0.25) is 4.79 Å². The summed E-state index contributed by atoms with van der Waals surface area (Å²) in [5, 5.41) is 8.29. The second-order valence-corrected chi connectivity index (χ2v) is 4.52. The Kier molecular flexibility index (Phi) is 9.54. The van der Waals surface area contributed by atoms with Gasteiger partial charge in [-0.15, -0.1) is 0 Å². The minimum Gasteiger partial charge on any atom is -0.478 e. The highest BCUT2D eigenvalue weighted by Gasteiger charge is 2.19. The van der Waals surface area contributed by atoms with E-state index in [4.69, 9.17) is 10.8 Å². The molecule has 5 heteroatoms. The van der Waals surface area contributed by atoms with Gasteiger partial charge in [0.25, 0.3) is 0 Å². The van der Waals surface area contributed by atoms with Crippen LogP contribution in [0.5, 0.6) is 0 Å². The maximum atomic E-state index is 10.8. The molecule has 116 valence electrons. The predicted octanol–water partition coefficient (Wildman–Crippen LogP) is 2.32. The SMILES string of the molecule is CC[C@H](C)[C@H](N)C(=O)OC.O=C(O)/C=C/c1ccccc1. The molecule has 2 atom stereocenters. The lowest BCUT2D eigenvalue weighted by molar-refractivity contribution is -0.143. The average Bonchev–Trinajstić information content (AvgIpc) is 2.52. The average molecular weight is 293 g/mol. The summed E-state index contributed by atoms with van der Waals surface area (Å²) in [6, 6.07) is 8.84. The van der Waals surface area contributed by atoms with E-state index in [0.717, 1.165) is 18.1 Å². The number of aliphatic carboxylic acids is 1. The van der Waals surface area contributed by atoms with Gasteiger partial charge in [0, 0.05) is 6.08 Å². The third-order valence-corrected chi connectivity index (χ3v) is 2.95. The second kappa shape index (κ2) is 10.6. The lowest BCUT2D eigenvalue weighted by Crippen LogP contribution is -2.37. The number of carbonyl (C=O) groups is 2. The molecule has 0 heterocycles. The van der Waals surface area contributed by atoms with Crippen molar-refractivity contribution < 1.29 is 19.4 Å². The van der Waals surface area contributed by atoms with Gasteiger partial charge in [0.15, 0.2) is 0 Å². The first-order chi connectivity index (χ1) is 9.92. The zero-order valence-electron chi connectivity index (χ0n) is 12.7. The Labute approximate surface area is 125 Å². The largest absolute Gasteiger partial charge is 0.478 e. The Morgan fingerprint density at radius 1 is 1.33 bits per heavy atom. The van der Waals surface area contributed by atoms with Crippen molar-refractivity contribution in [1.29, 1.82) is 0 Å². The number of hydrogen-bond donors (Lipinski definition) is 2. The van der Waals surface area contributed by atoms with Crippen LogP contribution >= 0.6 is 0 Å². The van der Waals surface area contributed by atoms with Crippen LogP contribution in [0.3, 0.4) is 0 Å². The van der Waals surface area contributed by atoms with E-state index in [1.54, 1.807) is 6.08 Å². The Morgan fingerprint density at radius 2 is 1.90 bits per heavy atom. The molecule has 0 aliphatic carbocycles. The number of hydrogen-bond acceptors (Lipinski definition) is 4.